The van der Waals surface area contributed by atoms with E-state index in [4.69, 9.17) is 0 Å². The molecule has 0 N–H and O–H groups in total. The van der Waals surface area contributed by atoms with Crippen molar-refractivity contribution in [3.63, 3.8) is 0 Å². The number of carbonyl (C=O) groups excluding carboxylic acids is 1. The van der Waals surface area contributed by atoms with Crippen molar-refractivity contribution in [2.24, 2.45) is 5.92 Å². The number of nitrogens with zero attached hydrogens (tertiary/aromatic N) is 9. The van der Waals surface area contributed by atoms with E-state index >= 15 is 0 Å². The molecule has 5 heterocycles. The number of hydrogen-bond donors (Lipinski definition) is 0. The highest BCUT2D eigenvalue weighted by molar-refractivity contribution is 5.80. The summed E-state index contributed by atoms with van der Waals surface area (Å²) in [5.74, 6) is 1.70. The van der Waals surface area contributed by atoms with Gasteiger partial charge in [0.05, 0.1) is 5.92 Å². The lowest BCUT2D eigenvalue weighted by Gasteiger charge is -2.39. The first-order valence-electron chi connectivity index (χ1n) is 11.1. The molecule has 32 heavy (non-hydrogen) atoms. The molecular formula is C22H27N9O. The van der Waals surface area contributed by atoms with Crippen molar-refractivity contribution in [1.29, 1.82) is 0 Å². The van der Waals surface area contributed by atoms with Gasteiger partial charge in [-0.25, -0.2) is 9.67 Å². The van der Waals surface area contributed by atoms with E-state index in [-0.39, 0.29) is 11.8 Å². The predicted octanol–water partition coefficient (Wildman–Crippen LogP) is 1.01. The van der Waals surface area contributed by atoms with Gasteiger partial charge < -0.3 is 9.80 Å². The van der Waals surface area contributed by atoms with Crippen molar-refractivity contribution in [2.45, 2.75) is 19.4 Å². The molecule has 1 atom stereocenters. The Hall–Kier alpha value is -3.40. The van der Waals surface area contributed by atoms with E-state index in [1.165, 1.54) is 11.9 Å². The lowest BCUT2D eigenvalue weighted by Crippen LogP contribution is -2.52. The Morgan fingerprint density at radius 2 is 1.84 bits per heavy atom. The summed E-state index contributed by atoms with van der Waals surface area (Å²) in [7, 11) is 0. The van der Waals surface area contributed by atoms with Gasteiger partial charge in [0.25, 0.3) is 0 Å². The monoisotopic (exact) mass is 433 g/mol. The van der Waals surface area contributed by atoms with E-state index in [9.17, 15) is 4.79 Å². The van der Waals surface area contributed by atoms with Crippen LogP contribution in [-0.2, 0) is 11.3 Å². The summed E-state index contributed by atoms with van der Waals surface area (Å²) in [4.78, 5) is 27.9. The van der Waals surface area contributed by atoms with E-state index < -0.39 is 0 Å². The predicted molar refractivity (Wildman–Crippen MR) is 118 cm³/mol. The van der Waals surface area contributed by atoms with Gasteiger partial charge in [-0.2, -0.15) is 5.10 Å². The first-order chi connectivity index (χ1) is 15.8. The Balaban J connectivity index is 1.15. The zero-order chi connectivity index (χ0) is 21.8. The maximum atomic E-state index is 13.2. The summed E-state index contributed by atoms with van der Waals surface area (Å²) in [5, 5.41) is 12.7. The second-order valence-electron chi connectivity index (χ2n) is 8.34. The number of amides is 1. The standard InChI is InChI=1S/C22H27N9O/c32-22(29-11-9-28(10-12-29)14-18-3-1-7-23-13-18)19-4-2-8-30(15-19)20-5-6-21(27-26-20)31-17-24-16-25-31/h1,3,5-7,13,16-17,19H,2,4,8-12,14-15H2. The van der Waals surface area contributed by atoms with E-state index in [0.29, 0.717) is 12.4 Å². The molecule has 166 valence electrons. The minimum Gasteiger partial charge on any atom is -0.354 e. The second kappa shape index (κ2) is 9.39. The van der Waals surface area contributed by atoms with Crippen molar-refractivity contribution in [3.8, 4) is 5.82 Å². The zero-order valence-corrected chi connectivity index (χ0v) is 18.0. The Morgan fingerprint density at radius 3 is 2.56 bits per heavy atom. The Bertz CT molecular complexity index is 1000. The van der Waals surface area contributed by atoms with Gasteiger partial charge in [-0.05, 0) is 36.6 Å². The topological polar surface area (TPSA) is 96.2 Å². The normalized spacial score (nSPS) is 19.8. The van der Waals surface area contributed by atoms with E-state index in [1.807, 2.05) is 29.3 Å². The van der Waals surface area contributed by atoms with E-state index in [2.05, 4.69) is 41.1 Å². The minimum absolute atomic E-state index is 0.00501. The maximum Gasteiger partial charge on any atom is 0.227 e. The fourth-order valence-electron chi connectivity index (χ4n) is 4.46. The third-order valence-corrected chi connectivity index (χ3v) is 6.20. The molecule has 0 bridgehead atoms. The molecule has 0 radical (unpaired) electrons. The zero-order valence-electron chi connectivity index (χ0n) is 18.0. The van der Waals surface area contributed by atoms with Gasteiger partial charge in [0, 0.05) is 58.2 Å². The molecule has 0 saturated carbocycles. The average molecular weight is 434 g/mol. The number of carbonyl (C=O) groups is 1. The van der Waals surface area contributed by atoms with Crippen LogP contribution in [0.15, 0.2) is 49.3 Å². The molecule has 10 nitrogen and oxygen atoms in total. The highest BCUT2D eigenvalue weighted by Gasteiger charge is 2.31. The molecule has 2 aliphatic rings. The Kier molecular flexibility index (Phi) is 6.02. The third-order valence-electron chi connectivity index (χ3n) is 6.20. The first-order valence-corrected chi connectivity index (χ1v) is 11.1. The van der Waals surface area contributed by atoms with Crippen molar-refractivity contribution in [2.75, 3.05) is 44.2 Å². The fraction of sp³-hybridized carbons (Fsp3) is 0.455. The van der Waals surface area contributed by atoms with Crippen LogP contribution in [0.5, 0.6) is 0 Å². The fourth-order valence-corrected chi connectivity index (χ4v) is 4.46. The van der Waals surface area contributed by atoms with Gasteiger partial charge in [0.2, 0.25) is 5.91 Å². The lowest BCUT2D eigenvalue weighted by molar-refractivity contribution is -0.137. The molecule has 1 unspecified atom stereocenters. The van der Waals surface area contributed by atoms with Crippen LogP contribution in [0.4, 0.5) is 5.82 Å². The number of rotatable bonds is 5. The second-order valence-corrected chi connectivity index (χ2v) is 8.34. The van der Waals surface area contributed by atoms with Crippen LogP contribution in [0, 0.1) is 5.92 Å². The van der Waals surface area contributed by atoms with Crippen LogP contribution < -0.4 is 4.90 Å². The molecule has 2 fully saturated rings. The summed E-state index contributed by atoms with van der Waals surface area (Å²) in [6.45, 7) is 5.81. The average Bonchev–Trinajstić information content (AvgIpc) is 3.40. The van der Waals surface area contributed by atoms with Crippen molar-refractivity contribution in [3.05, 3.63) is 54.9 Å². The van der Waals surface area contributed by atoms with Crippen LogP contribution in [-0.4, -0.2) is 84.9 Å². The third kappa shape index (κ3) is 4.59. The maximum absolute atomic E-state index is 13.2. The van der Waals surface area contributed by atoms with Crippen LogP contribution >= 0.6 is 0 Å². The Labute approximate surface area is 186 Å². The molecule has 2 aliphatic heterocycles. The number of piperidine rings is 1. The smallest absolute Gasteiger partial charge is 0.227 e. The number of anilines is 1. The van der Waals surface area contributed by atoms with Gasteiger partial charge in [0.1, 0.15) is 12.7 Å². The van der Waals surface area contributed by atoms with Crippen molar-refractivity contribution < 1.29 is 4.79 Å². The molecule has 5 rings (SSSR count). The molecule has 10 heteroatoms. The van der Waals surface area contributed by atoms with Gasteiger partial charge in [-0.3, -0.25) is 14.7 Å². The van der Waals surface area contributed by atoms with E-state index in [1.54, 1.807) is 17.2 Å². The summed E-state index contributed by atoms with van der Waals surface area (Å²) >= 11 is 0. The largest absolute Gasteiger partial charge is 0.354 e. The molecule has 3 aromatic heterocycles. The van der Waals surface area contributed by atoms with Gasteiger partial charge in [-0.15, -0.1) is 10.2 Å². The van der Waals surface area contributed by atoms with Crippen LogP contribution in [0.25, 0.3) is 5.82 Å². The highest BCUT2D eigenvalue weighted by Crippen LogP contribution is 2.24. The Morgan fingerprint density at radius 1 is 1.00 bits per heavy atom. The molecule has 1 amide bonds. The highest BCUT2D eigenvalue weighted by atomic mass is 16.2. The minimum atomic E-state index is 0.00501. The summed E-state index contributed by atoms with van der Waals surface area (Å²) in [6.07, 6.45) is 8.67. The summed E-state index contributed by atoms with van der Waals surface area (Å²) < 4.78 is 1.58. The quantitative estimate of drug-likeness (QED) is 0.588. The molecule has 0 aliphatic carbocycles. The van der Waals surface area contributed by atoms with Gasteiger partial charge >= 0.3 is 0 Å². The lowest BCUT2D eigenvalue weighted by atomic mass is 9.96. The first kappa shape index (κ1) is 20.5. The number of pyridine rings is 1. The number of hydrogen-bond acceptors (Lipinski definition) is 8. The van der Waals surface area contributed by atoms with E-state index in [0.717, 1.165) is 57.9 Å². The van der Waals surface area contributed by atoms with Crippen molar-refractivity contribution in [1.82, 2.24) is 39.7 Å². The van der Waals surface area contributed by atoms with Crippen molar-refractivity contribution >= 4 is 11.7 Å². The number of piperazine rings is 1. The van der Waals surface area contributed by atoms with Gasteiger partial charge in [0.15, 0.2) is 11.6 Å². The molecule has 0 spiro atoms. The summed E-state index contributed by atoms with van der Waals surface area (Å²) in [6, 6.07) is 7.89. The van der Waals surface area contributed by atoms with Crippen LogP contribution in [0.3, 0.4) is 0 Å². The van der Waals surface area contributed by atoms with Crippen LogP contribution in [0.1, 0.15) is 18.4 Å². The SMILES string of the molecule is O=C(C1CCCN(c2ccc(-n3cncn3)nn2)C1)N1CCN(Cc2cccnc2)CC1. The van der Waals surface area contributed by atoms with Gasteiger partial charge in [-0.1, -0.05) is 6.07 Å². The van der Waals surface area contributed by atoms with Crippen LogP contribution in [0.2, 0.25) is 0 Å². The molecule has 2 saturated heterocycles. The molecule has 0 aromatic carbocycles. The molecular weight excluding hydrogens is 406 g/mol. The summed E-state index contributed by atoms with van der Waals surface area (Å²) in [5.41, 5.74) is 1.21. The molecule has 3 aromatic rings. The number of aromatic nitrogens is 6.